The summed E-state index contributed by atoms with van der Waals surface area (Å²) in [6, 6.07) is 18.6. The zero-order chi connectivity index (χ0) is 24.3. The highest BCUT2D eigenvalue weighted by molar-refractivity contribution is 7.17. The molecule has 0 atom stereocenters. The first kappa shape index (κ1) is 24.8. The Hall–Kier alpha value is -3.86. The molecule has 2 heterocycles. The van der Waals surface area contributed by atoms with E-state index in [0.717, 1.165) is 23.4 Å². The van der Waals surface area contributed by atoms with Crippen molar-refractivity contribution in [1.82, 2.24) is 10.4 Å². The molecule has 2 aromatic heterocycles. The second-order valence-electron chi connectivity index (χ2n) is 7.58. The molecule has 0 saturated carbocycles. The molecule has 174 valence electrons. The van der Waals surface area contributed by atoms with E-state index in [-0.39, 0.29) is 0 Å². The maximum absolute atomic E-state index is 5.97. The van der Waals surface area contributed by atoms with Crippen molar-refractivity contribution in [2.45, 2.75) is 33.3 Å². The fourth-order valence-corrected chi connectivity index (χ4v) is 4.39. The van der Waals surface area contributed by atoms with Gasteiger partial charge in [0.05, 0.1) is 10.4 Å². The van der Waals surface area contributed by atoms with Gasteiger partial charge >= 0.3 is 0 Å². The lowest BCUT2D eigenvalue weighted by Crippen LogP contribution is -2.31. The van der Waals surface area contributed by atoms with Crippen LogP contribution in [0.5, 0.6) is 5.75 Å². The van der Waals surface area contributed by atoms with Crippen LogP contribution in [0.25, 0.3) is 21.2 Å². The van der Waals surface area contributed by atoms with Gasteiger partial charge in [0.25, 0.3) is 0 Å². The van der Waals surface area contributed by atoms with Gasteiger partial charge in [0.1, 0.15) is 18.2 Å². The number of nitrogens with two attached hydrogens (primary N) is 2. The third-order valence-electron chi connectivity index (χ3n) is 5.24. The number of ether oxygens (including phenoxy) is 1. The van der Waals surface area contributed by atoms with E-state index in [0.29, 0.717) is 18.9 Å². The van der Waals surface area contributed by atoms with Gasteiger partial charge in [-0.05, 0) is 60.5 Å². The first-order valence-corrected chi connectivity index (χ1v) is 11.7. The Balaban J connectivity index is 0.00000103. The predicted octanol–water partition coefficient (Wildman–Crippen LogP) is 5.16. The van der Waals surface area contributed by atoms with Crippen LogP contribution in [0.2, 0.25) is 0 Å². The molecule has 7 heteroatoms. The van der Waals surface area contributed by atoms with Crippen molar-refractivity contribution in [1.29, 1.82) is 0 Å². The number of terminal acetylenes is 1. The Kier molecular flexibility index (Phi) is 9.04. The van der Waals surface area contributed by atoms with Gasteiger partial charge in [-0.3, -0.25) is 4.98 Å². The maximum Gasteiger partial charge on any atom is 0.136 e. The molecule has 0 saturated heterocycles. The molecule has 6 nitrogen and oxygen atoms in total. The molecular weight excluding hydrogens is 442 g/mol. The van der Waals surface area contributed by atoms with Crippen molar-refractivity contribution < 1.29 is 4.74 Å². The number of hydrazine groups is 1. The summed E-state index contributed by atoms with van der Waals surface area (Å²) in [5, 5.41) is 7.02. The molecule has 0 radical (unpaired) electrons. The summed E-state index contributed by atoms with van der Waals surface area (Å²) in [4.78, 5) is 4.58. The molecule has 4 rings (SSSR count). The third-order valence-corrected chi connectivity index (χ3v) is 6.17. The van der Waals surface area contributed by atoms with Crippen LogP contribution < -0.4 is 21.8 Å². The predicted molar refractivity (Wildman–Crippen MR) is 142 cm³/mol. The SMILES string of the molecule is C#CC.Cc1ccccc1-c1csc2cnc(COc3ccc(CC/C(=N/N)NN)cc3)cc12. The summed E-state index contributed by atoms with van der Waals surface area (Å²) in [5.41, 5.74) is 8.33. The number of rotatable bonds is 7. The lowest BCUT2D eigenvalue weighted by atomic mass is 10.0. The molecule has 0 fully saturated rings. The van der Waals surface area contributed by atoms with Crippen molar-refractivity contribution in [2.24, 2.45) is 16.8 Å². The molecule has 5 N–H and O–H groups in total. The summed E-state index contributed by atoms with van der Waals surface area (Å²) < 4.78 is 7.15. The molecule has 0 spiro atoms. The monoisotopic (exact) mass is 471 g/mol. The number of nitrogens with one attached hydrogen (secondary N) is 1. The van der Waals surface area contributed by atoms with E-state index in [2.05, 4.69) is 70.5 Å². The summed E-state index contributed by atoms with van der Waals surface area (Å²) in [6.07, 6.45) is 7.98. The topological polar surface area (TPSA) is 98.5 Å². The fourth-order valence-electron chi connectivity index (χ4n) is 3.49. The molecule has 0 aliphatic carbocycles. The molecule has 0 bridgehead atoms. The number of hydrazone groups is 1. The van der Waals surface area contributed by atoms with Crippen molar-refractivity contribution in [3.05, 3.63) is 83.0 Å². The number of aromatic nitrogens is 1. The molecule has 0 aliphatic heterocycles. The normalized spacial score (nSPS) is 10.8. The van der Waals surface area contributed by atoms with Gasteiger partial charge in [-0.2, -0.15) is 5.10 Å². The average Bonchev–Trinajstić information content (AvgIpc) is 3.28. The highest BCUT2D eigenvalue weighted by atomic mass is 32.1. The van der Waals surface area contributed by atoms with Crippen LogP contribution in [-0.2, 0) is 13.0 Å². The van der Waals surface area contributed by atoms with Gasteiger partial charge in [-0.25, -0.2) is 5.84 Å². The van der Waals surface area contributed by atoms with Crippen LogP contribution in [0, 0.1) is 19.3 Å². The molecule has 0 amide bonds. The Morgan fingerprint density at radius 1 is 1.18 bits per heavy atom. The van der Waals surface area contributed by atoms with Crippen LogP contribution in [0.15, 0.2) is 71.3 Å². The lowest BCUT2D eigenvalue weighted by Gasteiger charge is -2.09. The van der Waals surface area contributed by atoms with Crippen molar-refractivity contribution in [3.63, 3.8) is 0 Å². The molecule has 0 aliphatic rings. The summed E-state index contributed by atoms with van der Waals surface area (Å²) >= 11 is 1.72. The van der Waals surface area contributed by atoms with Crippen molar-refractivity contribution in [2.75, 3.05) is 0 Å². The van der Waals surface area contributed by atoms with Gasteiger partial charge in [0.15, 0.2) is 0 Å². The smallest absolute Gasteiger partial charge is 0.136 e. The van der Waals surface area contributed by atoms with E-state index in [1.54, 1.807) is 18.3 Å². The number of benzene rings is 2. The maximum atomic E-state index is 5.97. The number of hydrogen-bond donors (Lipinski definition) is 3. The molecule has 34 heavy (non-hydrogen) atoms. The van der Waals surface area contributed by atoms with Crippen LogP contribution in [0.3, 0.4) is 0 Å². The minimum Gasteiger partial charge on any atom is -0.487 e. The second-order valence-corrected chi connectivity index (χ2v) is 8.49. The fraction of sp³-hybridized carbons (Fsp3) is 0.185. The second kappa shape index (κ2) is 12.4. The van der Waals surface area contributed by atoms with Gasteiger partial charge in [0.2, 0.25) is 0 Å². The lowest BCUT2D eigenvalue weighted by molar-refractivity contribution is 0.301. The van der Waals surface area contributed by atoms with Crippen LogP contribution in [0.4, 0.5) is 0 Å². The highest BCUT2D eigenvalue weighted by Gasteiger charge is 2.10. The van der Waals surface area contributed by atoms with E-state index in [1.807, 2.05) is 30.5 Å². The van der Waals surface area contributed by atoms with E-state index < -0.39 is 0 Å². The van der Waals surface area contributed by atoms with E-state index >= 15 is 0 Å². The van der Waals surface area contributed by atoms with E-state index in [9.17, 15) is 0 Å². The zero-order valence-electron chi connectivity index (χ0n) is 19.4. The molecular formula is C27H29N5OS. The third kappa shape index (κ3) is 6.35. The van der Waals surface area contributed by atoms with Crippen LogP contribution in [-0.4, -0.2) is 10.8 Å². The zero-order valence-corrected chi connectivity index (χ0v) is 20.2. The number of hydrogen-bond acceptors (Lipinski definition) is 6. The minimum absolute atomic E-state index is 0.416. The van der Waals surface area contributed by atoms with Gasteiger partial charge < -0.3 is 16.0 Å². The summed E-state index contributed by atoms with van der Waals surface area (Å²) in [7, 11) is 0. The number of nitrogens with zero attached hydrogens (tertiary/aromatic N) is 2. The molecule has 0 unspecified atom stereocenters. The molecule has 4 aromatic rings. The Morgan fingerprint density at radius 3 is 2.59 bits per heavy atom. The standard InChI is InChI=1S/C24H25N5OS.C3H4/c1-16-4-2-3-5-20(16)22-15-31-23-13-27-18(12-21(22)23)14-30-19-9-6-17(7-10-19)8-11-24(28-25)29-26;1-3-2/h2-7,9-10,12-13,15H,8,11,14,25-26H2,1H3,(H,28,29);1H,2H3. The summed E-state index contributed by atoms with van der Waals surface area (Å²) in [5.74, 6) is 14.2. The number of aryl methyl sites for hydroxylation is 2. The average molecular weight is 472 g/mol. The van der Waals surface area contributed by atoms with Gasteiger partial charge in [0, 0.05) is 23.6 Å². The minimum atomic E-state index is 0.416. The van der Waals surface area contributed by atoms with Crippen LogP contribution >= 0.6 is 11.3 Å². The Bertz CT molecular complexity index is 1290. The van der Waals surface area contributed by atoms with E-state index in [1.165, 1.54) is 26.8 Å². The Labute approximate surface area is 204 Å². The van der Waals surface area contributed by atoms with Crippen LogP contribution in [0.1, 0.15) is 30.2 Å². The molecule has 2 aromatic carbocycles. The Morgan fingerprint density at radius 2 is 1.91 bits per heavy atom. The highest BCUT2D eigenvalue weighted by Crippen LogP contribution is 2.35. The van der Waals surface area contributed by atoms with E-state index in [4.69, 9.17) is 16.4 Å². The van der Waals surface area contributed by atoms with Crippen molar-refractivity contribution in [3.8, 4) is 29.2 Å². The van der Waals surface area contributed by atoms with Gasteiger partial charge in [-0.15, -0.1) is 23.7 Å². The number of thiophene rings is 1. The number of fused-ring (bicyclic) bond motifs is 1. The largest absolute Gasteiger partial charge is 0.487 e. The number of amidine groups is 1. The number of pyridine rings is 1. The first-order chi connectivity index (χ1) is 16.6. The van der Waals surface area contributed by atoms with Gasteiger partial charge in [-0.1, -0.05) is 36.4 Å². The first-order valence-electron chi connectivity index (χ1n) is 10.8. The van der Waals surface area contributed by atoms with Crippen molar-refractivity contribution >= 4 is 27.3 Å². The quantitative estimate of drug-likeness (QED) is 0.114. The summed E-state index contributed by atoms with van der Waals surface area (Å²) in [6.45, 7) is 4.21.